The van der Waals surface area contributed by atoms with E-state index in [2.05, 4.69) is 67.9 Å². The molecule has 5 aromatic rings. The van der Waals surface area contributed by atoms with E-state index in [1.165, 1.54) is 5.56 Å². The van der Waals surface area contributed by atoms with Gasteiger partial charge in [0.2, 0.25) is 0 Å². The predicted octanol–water partition coefficient (Wildman–Crippen LogP) is 4.67. The number of nitrogens with zero attached hydrogens (tertiary/aromatic N) is 6. The summed E-state index contributed by atoms with van der Waals surface area (Å²) in [5, 5.41) is 6.00. The summed E-state index contributed by atoms with van der Waals surface area (Å²) in [7, 11) is 0. The maximum Gasteiger partial charge on any atom is 0.164 e. The first-order valence-corrected chi connectivity index (χ1v) is 14.0. The van der Waals surface area contributed by atoms with Gasteiger partial charge < -0.3 is 15.5 Å². The molecular weight excluding hydrogens is 488 g/mol. The Morgan fingerprint density at radius 2 is 1.77 bits per heavy atom. The second-order valence-electron chi connectivity index (χ2n) is 10.9. The quantitative estimate of drug-likeness (QED) is 0.345. The van der Waals surface area contributed by atoms with Crippen molar-refractivity contribution in [2.45, 2.75) is 51.1 Å². The molecule has 1 saturated carbocycles. The fraction of sp³-hybridized carbons (Fsp3) is 0.400. The molecule has 1 aliphatic heterocycles. The summed E-state index contributed by atoms with van der Waals surface area (Å²) in [6, 6.07) is 15.6. The lowest BCUT2D eigenvalue weighted by molar-refractivity contribution is 0.00520. The second-order valence-corrected chi connectivity index (χ2v) is 10.9. The van der Waals surface area contributed by atoms with E-state index in [-0.39, 0.29) is 0 Å². The Balaban J connectivity index is 1.22. The van der Waals surface area contributed by atoms with E-state index in [4.69, 9.17) is 20.6 Å². The Hall–Kier alpha value is -3.82. The number of H-pyrrole nitrogens is 1. The lowest BCUT2D eigenvalue weighted by Gasteiger charge is -2.38. The number of imidazole rings is 1. The highest BCUT2D eigenvalue weighted by Crippen LogP contribution is 2.38. The molecule has 4 heterocycles. The van der Waals surface area contributed by atoms with Gasteiger partial charge in [-0.2, -0.15) is 5.10 Å². The van der Waals surface area contributed by atoms with Crippen molar-refractivity contribution in [2.24, 2.45) is 0 Å². The third kappa shape index (κ3) is 4.55. The van der Waals surface area contributed by atoms with Gasteiger partial charge in [0.05, 0.1) is 35.7 Å². The van der Waals surface area contributed by atoms with Crippen LogP contribution >= 0.6 is 0 Å². The minimum atomic E-state index is 0.294. The van der Waals surface area contributed by atoms with Gasteiger partial charge in [-0.25, -0.2) is 19.6 Å². The number of fused-ring (bicyclic) bond motifs is 2. The minimum absolute atomic E-state index is 0.294. The molecule has 0 amide bonds. The number of hydrogen-bond acceptors (Lipinski definition) is 7. The largest absolute Gasteiger partial charge is 0.383 e. The molecule has 1 saturated heterocycles. The van der Waals surface area contributed by atoms with Crippen LogP contribution in [-0.4, -0.2) is 67.0 Å². The first kappa shape index (κ1) is 24.2. The maximum absolute atomic E-state index is 6.45. The lowest BCUT2D eigenvalue weighted by Crippen LogP contribution is -2.45. The Morgan fingerprint density at radius 1 is 1.00 bits per heavy atom. The number of nitrogen functional groups attached to an aromatic ring is 1. The van der Waals surface area contributed by atoms with Gasteiger partial charge in [-0.3, -0.25) is 4.90 Å². The summed E-state index contributed by atoms with van der Waals surface area (Å²) in [4.78, 5) is 20.1. The Kier molecular flexibility index (Phi) is 6.25. The van der Waals surface area contributed by atoms with Gasteiger partial charge in [-0.15, -0.1) is 0 Å². The molecule has 2 fully saturated rings. The highest BCUT2D eigenvalue weighted by atomic mass is 16.5. The number of hydrogen-bond donors (Lipinski definition) is 2. The van der Waals surface area contributed by atoms with E-state index in [0.717, 1.165) is 103 Å². The molecule has 0 spiro atoms. The SMILES string of the molecule is Cc1cc(-c2nn([C@H]3CC[C@H](N4CCOCC4)CC3)c3ncnc(N)c23)cc2[nH]c(Cc3ccccc3)nc12. The van der Waals surface area contributed by atoms with Crippen LogP contribution in [0.3, 0.4) is 0 Å². The lowest BCUT2D eigenvalue weighted by atomic mass is 9.90. The van der Waals surface area contributed by atoms with Crippen LogP contribution in [0.4, 0.5) is 5.82 Å². The molecule has 0 atom stereocenters. The average Bonchev–Trinajstić information content (AvgIpc) is 3.57. The van der Waals surface area contributed by atoms with Gasteiger partial charge in [-0.1, -0.05) is 30.3 Å². The van der Waals surface area contributed by atoms with Gasteiger partial charge in [-0.05, 0) is 55.9 Å². The normalized spacial score (nSPS) is 20.6. The minimum Gasteiger partial charge on any atom is -0.383 e. The van der Waals surface area contributed by atoms with Crippen LogP contribution in [0.25, 0.3) is 33.3 Å². The van der Waals surface area contributed by atoms with Gasteiger partial charge in [0.15, 0.2) is 5.65 Å². The molecule has 0 unspecified atom stereocenters. The van der Waals surface area contributed by atoms with E-state index >= 15 is 0 Å². The number of rotatable bonds is 5. The van der Waals surface area contributed by atoms with Crippen molar-refractivity contribution in [3.63, 3.8) is 0 Å². The number of nitrogens with one attached hydrogen (secondary N) is 1. The predicted molar refractivity (Wildman–Crippen MR) is 152 cm³/mol. The first-order valence-electron chi connectivity index (χ1n) is 14.0. The van der Waals surface area contributed by atoms with Gasteiger partial charge in [0.25, 0.3) is 0 Å². The average molecular weight is 523 g/mol. The number of ether oxygens (including phenoxy) is 1. The summed E-state index contributed by atoms with van der Waals surface area (Å²) >= 11 is 0. The topological polar surface area (TPSA) is 111 Å². The summed E-state index contributed by atoms with van der Waals surface area (Å²) in [6.45, 7) is 5.87. The van der Waals surface area contributed by atoms with E-state index in [1.807, 2.05) is 6.07 Å². The fourth-order valence-electron chi connectivity index (χ4n) is 6.41. The Bertz CT molecular complexity index is 1610. The zero-order valence-corrected chi connectivity index (χ0v) is 22.3. The molecule has 200 valence electrons. The molecule has 9 heteroatoms. The van der Waals surface area contributed by atoms with Crippen LogP contribution in [0.15, 0.2) is 48.8 Å². The van der Waals surface area contributed by atoms with Crippen molar-refractivity contribution in [2.75, 3.05) is 32.0 Å². The first-order chi connectivity index (χ1) is 19.1. The molecule has 2 aromatic carbocycles. The molecular formula is C30H34N8O. The number of morpholine rings is 1. The van der Waals surface area contributed by atoms with Crippen molar-refractivity contribution in [1.82, 2.24) is 34.6 Å². The van der Waals surface area contributed by atoms with Gasteiger partial charge >= 0.3 is 0 Å². The van der Waals surface area contributed by atoms with E-state index < -0.39 is 0 Å². The number of anilines is 1. The van der Waals surface area contributed by atoms with Crippen LogP contribution in [0.5, 0.6) is 0 Å². The molecule has 7 rings (SSSR count). The van der Waals surface area contributed by atoms with E-state index in [1.54, 1.807) is 6.33 Å². The molecule has 2 aliphatic rings. The number of nitrogens with two attached hydrogens (primary N) is 1. The van der Waals surface area contributed by atoms with Crippen molar-refractivity contribution < 1.29 is 4.74 Å². The third-order valence-corrected chi connectivity index (χ3v) is 8.41. The number of aromatic amines is 1. The molecule has 0 bridgehead atoms. The molecule has 1 aliphatic carbocycles. The summed E-state index contributed by atoms with van der Waals surface area (Å²) in [5.41, 5.74) is 13.4. The fourth-order valence-corrected chi connectivity index (χ4v) is 6.41. The third-order valence-electron chi connectivity index (χ3n) is 8.41. The van der Waals surface area contributed by atoms with Crippen molar-refractivity contribution in [1.29, 1.82) is 0 Å². The van der Waals surface area contributed by atoms with E-state index in [0.29, 0.717) is 17.9 Å². The van der Waals surface area contributed by atoms with E-state index in [9.17, 15) is 0 Å². The molecule has 0 radical (unpaired) electrons. The molecule has 39 heavy (non-hydrogen) atoms. The van der Waals surface area contributed by atoms with Crippen molar-refractivity contribution in [3.05, 3.63) is 65.7 Å². The smallest absolute Gasteiger partial charge is 0.164 e. The highest BCUT2D eigenvalue weighted by molar-refractivity contribution is 6.00. The summed E-state index contributed by atoms with van der Waals surface area (Å²) < 4.78 is 7.68. The Labute approximate surface area is 227 Å². The van der Waals surface area contributed by atoms with Crippen molar-refractivity contribution >= 4 is 27.9 Å². The zero-order valence-electron chi connectivity index (χ0n) is 22.3. The zero-order chi connectivity index (χ0) is 26.3. The Morgan fingerprint density at radius 3 is 2.56 bits per heavy atom. The number of benzene rings is 2. The maximum atomic E-state index is 6.45. The standard InChI is InChI=1S/C30H34N8O/c1-19-15-21(17-24-27(19)35-25(34-24)16-20-5-3-2-4-6-20)28-26-29(31)32-18-33-30(26)38(36-28)23-9-7-22(8-10-23)37-11-13-39-14-12-37/h2-6,15,17-18,22-23H,7-14,16H2,1H3,(H,34,35)(H2,31,32,33)/t22-,23-. The van der Waals surface area contributed by atoms with Crippen LogP contribution in [-0.2, 0) is 11.2 Å². The van der Waals surface area contributed by atoms with Gasteiger partial charge in [0.1, 0.15) is 23.7 Å². The van der Waals surface area contributed by atoms with Gasteiger partial charge in [0, 0.05) is 31.1 Å². The molecule has 9 nitrogen and oxygen atoms in total. The summed E-state index contributed by atoms with van der Waals surface area (Å²) in [6.07, 6.45) is 6.78. The second kappa shape index (κ2) is 10.1. The molecule has 3 N–H and O–H groups in total. The molecule has 3 aromatic heterocycles. The van der Waals surface area contributed by atoms with Crippen LogP contribution < -0.4 is 5.73 Å². The van der Waals surface area contributed by atoms with Crippen LogP contribution in [0.2, 0.25) is 0 Å². The van der Waals surface area contributed by atoms with Crippen molar-refractivity contribution in [3.8, 4) is 11.3 Å². The monoisotopic (exact) mass is 522 g/mol. The van der Waals surface area contributed by atoms with Crippen LogP contribution in [0, 0.1) is 6.92 Å². The van der Waals surface area contributed by atoms with Crippen LogP contribution in [0.1, 0.15) is 48.7 Å². The highest BCUT2D eigenvalue weighted by Gasteiger charge is 2.30. The number of aromatic nitrogens is 6. The number of aryl methyl sites for hydroxylation is 1. The summed E-state index contributed by atoms with van der Waals surface area (Å²) in [5.74, 6) is 1.42.